The molecule has 0 fully saturated rings. The van der Waals surface area contributed by atoms with Crippen molar-refractivity contribution in [1.29, 1.82) is 0 Å². The summed E-state index contributed by atoms with van der Waals surface area (Å²) in [5.41, 5.74) is 2.84. The lowest BCUT2D eigenvalue weighted by atomic mass is 9.97. The molecule has 2 heteroatoms. The Balaban J connectivity index is 2.52. The predicted octanol–water partition coefficient (Wildman–Crippen LogP) is 2.59. The van der Waals surface area contributed by atoms with Crippen LogP contribution in [0.25, 0.3) is 11.1 Å². The molecule has 2 aromatic rings. The summed E-state index contributed by atoms with van der Waals surface area (Å²) in [7, 11) is 0. The maximum atomic E-state index is 9.77. The Morgan fingerprint density at radius 3 is 2.31 bits per heavy atom. The predicted molar refractivity (Wildman–Crippen MR) is 64.3 cm³/mol. The second kappa shape index (κ2) is 4.81. The molecule has 0 radical (unpaired) electrons. The number of aromatic hydroxyl groups is 1. The highest BCUT2D eigenvalue weighted by Gasteiger charge is 2.08. The Kier molecular flexibility index (Phi) is 3.22. The molecule has 2 rings (SSSR count). The number of rotatable bonds is 3. The summed E-state index contributed by atoms with van der Waals surface area (Å²) in [4.78, 5) is 0. The van der Waals surface area contributed by atoms with Crippen LogP contribution in [-0.4, -0.2) is 16.8 Å². The minimum atomic E-state index is 0.0391. The Labute approximate surface area is 94.8 Å². The number of benzene rings is 2. The minimum Gasteiger partial charge on any atom is -0.508 e. The summed E-state index contributed by atoms with van der Waals surface area (Å²) in [6.45, 7) is 0.0391. The van der Waals surface area contributed by atoms with Crippen LogP contribution < -0.4 is 0 Å². The first kappa shape index (κ1) is 10.7. The molecule has 0 unspecified atom stereocenters. The van der Waals surface area contributed by atoms with Gasteiger partial charge in [0, 0.05) is 12.2 Å². The van der Waals surface area contributed by atoms with Gasteiger partial charge in [-0.2, -0.15) is 0 Å². The summed E-state index contributed by atoms with van der Waals surface area (Å²) in [6.07, 6.45) is 0.469. The summed E-state index contributed by atoms with van der Waals surface area (Å²) < 4.78 is 0. The van der Waals surface area contributed by atoms with Gasteiger partial charge in [0.15, 0.2) is 0 Å². The van der Waals surface area contributed by atoms with Crippen molar-refractivity contribution in [1.82, 2.24) is 0 Å². The van der Waals surface area contributed by atoms with Crippen LogP contribution in [0.15, 0.2) is 48.5 Å². The highest BCUT2D eigenvalue weighted by atomic mass is 16.3. The van der Waals surface area contributed by atoms with Gasteiger partial charge in [-0.05, 0) is 23.6 Å². The molecule has 0 aromatic heterocycles. The molecule has 0 saturated heterocycles. The van der Waals surface area contributed by atoms with Crippen molar-refractivity contribution in [3.05, 3.63) is 54.1 Å². The fourth-order valence-electron chi connectivity index (χ4n) is 1.84. The third kappa shape index (κ3) is 2.07. The van der Waals surface area contributed by atoms with Gasteiger partial charge in [-0.15, -0.1) is 0 Å². The van der Waals surface area contributed by atoms with E-state index in [1.54, 1.807) is 6.07 Å². The highest BCUT2D eigenvalue weighted by Crippen LogP contribution is 2.30. The van der Waals surface area contributed by atoms with E-state index in [-0.39, 0.29) is 12.4 Å². The molecule has 2 N–H and O–H groups in total. The van der Waals surface area contributed by atoms with E-state index in [2.05, 4.69) is 0 Å². The van der Waals surface area contributed by atoms with Gasteiger partial charge < -0.3 is 10.2 Å². The third-order valence-corrected chi connectivity index (χ3v) is 2.60. The van der Waals surface area contributed by atoms with Gasteiger partial charge in [-0.25, -0.2) is 0 Å². The first-order valence-corrected chi connectivity index (χ1v) is 5.30. The molecule has 0 aliphatic rings. The second-order valence-electron chi connectivity index (χ2n) is 3.64. The van der Waals surface area contributed by atoms with E-state index in [0.29, 0.717) is 6.42 Å². The number of phenols is 1. The molecule has 82 valence electrons. The SMILES string of the molecule is OCCc1c(O)cccc1-c1ccccc1. The molecule has 16 heavy (non-hydrogen) atoms. The quantitative estimate of drug-likeness (QED) is 0.824. The lowest BCUT2D eigenvalue weighted by molar-refractivity contribution is 0.297. The van der Waals surface area contributed by atoms with Crippen molar-refractivity contribution >= 4 is 0 Å². The van der Waals surface area contributed by atoms with Gasteiger partial charge in [-0.3, -0.25) is 0 Å². The maximum Gasteiger partial charge on any atom is 0.119 e. The van der Waals surface area contributed by atoms with Crippen LogP contribution >= 0.6 is 0 Å². The van der Waals surface area contributed by atoms with E-state index in [9.17, 15) is 5.11 Å². The largest absolute Gasteiger partial charge is 0.508 e. The topological polar surface area (TPSA) is 40.5 Å². The standard InChI is InChI=1S/C14H14O2/c15-10-9-13-12(7-4-8-14(13)16)11-5-2-1-3-6-11/h1-8,15-16H,9-10H2. The van der Waals surface area contributed by atoms with Crippen molar-refractivity contribution in [3.63, 3.8) is 0 Å². The molecule has 0 heterocycles. The summed E-state index contributed by atoms with van der Waals surface area (Å²) in [5.74, 6) is 0.246. The van der Waals surface area contributed by atoms with Crippen LogP contribution in [0.2, 0.25) is 0 Å². The molecule has 0 amide bonds. The molecule has 2 nitrogen and oxygen atoms in total. The third-order valence-electron chi connectivity index (χ3n) is 2.60. The van der Waals surface area contributed by atoms with Gasteiger partial charge in [0.1, 0.15) is 5.75 Å². The minimum absolute atomic E-state index is 0.0391. The molecule has 0 bridgehead atoms. The van der Waals surface area contributed by atoms with Crippen LogP contribution in [0, 0.1) is 0 Å². The van der Waals surface area contributed by atoms with Crippen LogP contribution in [0.1, 0.15) is 5.56 Å². The first-order valence-electron chi connectivity index (χ1n) is 5.30. The number of phenolic OH excluding ortho intramolecular Hbond substituents is 1. The molecule has 0 aliphatic heterocycles. The Morgan fingerprint density at radius 1 is 0.875 bits per heavy atom. The summed E-state index contributed by atoms with van der Waals surface area (Å²) in [5, 5.41) is 18.8. The summed E-state index contributed by atoms with van der Waals surface area (Å²) in [6, 6.07) is 15.3. The number of hydrogen-bond donors (Lipinski definition) is 2. The van der Waals surface area contributed by atoms with E-state index in [1.165, 1.54) is 0 Å². The number of aliphatic hydroxyl groups is 1. The zero-order valence-corrected chi connectivity index (χ0v) is 8.93. The van der Waals surface area contributed by atoms with E-state index in [1.807, 2.05) is 42.5 Å². The zero-order valence-electron chi connectivity index (χ0n) is 8.93. The molecule has 0 saturated carbocycles. The van der Waals surface area contributed by atoms with Crippen molar-refractivity contribution in [3.8, 4) is 16.9 Å². The average Bonchev–Trinajstić information content (AvgIpc) is 2.33. The van der Waals surface area contributed by atoms with E-state index < -0.39 is 0 Å². The Hall–Kier alpha value is -1.80. The summed E-state index contributed by atoms with van der Waals surface area (Å²) >= 11 is 0. The van der Waals surface area contributed by atoms with Gasteiger partial charge in [0.25, 0.3) is 0 Å². The fourth-order valence-corrected chi connectivity index (χ4v) is 1.84. The average molecular weight is 214 g/mol. The Morgan fingerprint density at radius 2 is 1.62 bits per heavy atom. The van der Waals surface area contributed by atoms with Gasteiger partial charge in [-0.1, -0.05) is 42.5 Å². The van der Waals surface area contributed by atoms with Crippen molar-refractivity contribution in [2.75, 3.05) is 6.61 Å². The molecular formula is C14H14O2. The van der Waals surface area contributed by atoms with E-state index in [0.717, 1.165) is 16.7 Å². The van der Waals surface area contributed by atoms with Crippen LogP contribution in [0.5, 0.6) is 5.75 Å². The normalized spacial score (nSPS) is 10.3. The lowest BCUT2D eigenvalue weighted by Gasteiger charge is -2.10. The van der Waals surface area contributed by atoms with E-state index in [4.69, 9.17) is 5.11 Å². The highest BCUT2D eigenvalue weighted by molar-refractivity contribution is 5.69. The molecule has 0 atom stereocenters. The molecule has 0 aliphatic carbocycles. The lowest BCUT2D eigenvalue weighted by Crippen LogP contribution is -1.94. The van der Waals surface area contributed by atoms with Crippen molar-refractivity contribution in [2.24, 2.45) is 0 Å². The molecule has 0 spiro atoms. The van der Waals surface area contributed by atoms with E-state index >= 15 is 0 Å². The Bertz CT molecular complexity index is 463. The fraction of sp³-hybridized carbons (Fsp3) is 0.143. The van der Waals surface area contributed by atoms with Crippen LogP contribution in [0.3, 0.4) is 0 Å². The van der Waals surface area contributed by atoms with Crippen molar-refractivity contribution in [2.45, 2.75) is 6.42 Å². The van der Waals surface area contributed by atoms with Crippen LogP contribution in [-0.2, 0) is 6.42 Å². The smallest absolute Gasteiger partial charge is 0.119 e. The van der Waals surface area contributed by atoms with Gasteiger partial charge in [0.05, 0.1) is 0 Å². The van der Waals surface area contributed by atoms with Gasteiger partial charge in [0.2, 0.25) is 0 Å². The van der Waals surface area contributed by atoms with Crippen molar-refractivity contribution < 1.29 is 10.2 Å². The maximum absolute atomic E-state index is 9.77. The monoisotopic (exact) mass is 214 g/mol. The first-order chi connectivity index (χ1) is 7.83. The second-order valence-corrected chi connectivity index (χ2v) is 3.64. The van der Waals surface area contributed by atoms with Gasteiger partial charge >= 0.3 is 0 Å². The zero-order chi connectivity index (χ0) is 11.4. The molecular weight excluding hydrogens is 200 g/mol. The number of hydrogen-bond acceptors (Lipinski definition) is 2. The van der Waals surface area contributed by atoms with Crippen LogP contribution in [0.4, 0.5) is 0 Å². The number of aliphatic hydroxyl groups excluding tert-OH is 1. The molecule has 2 aromatic carbocycles.